The van der Waals surface area contributed by atoms with Gasteiger partial charge < -0.3 is 9.73 Å². The van der Waals surface area contributed by atoms with Crippen LogP contribution in [0.15, 0.2) is 86.9 Å². The number of carbonyl (C=O) groups excluding carboxylic acids is 1. The summed E-state index contributed by atoms with van der Waals surface area (Å²) in [5.74, 6) is -0.645. The van der Waals surface area contributed by atoms with Gasteiger partial charge in [-0.2, -0.15) is 0 Å². The van der Waals surface area contributed by atoms with Gasteiger partial charge in [-0.05, 0) is 73.5 Å². The van der Waals surface area contributed by atoms with Crippen molar-refractivity contribution in [3.8, 4) is 0 Å². The Morgan fingerprint density at radius 3 is 2.25 bits per heavy atom. The second-order valence-corrected chi connectivity index (χ2v) is 9.05. The van der Waals surface area contributed by atoms with E-state index in [1.54, 1.807) is 36.4 Å². The number of sulfonamides is 1. The Morgan fingerprint density at radius 2 is 1.53 bits per heavy atom. The molecule has 4 rings (SSSR count). The minimum Gasteiger partial charge on any atom is -0.422 e. The molecule has 0 radical (unpaired) electrons. The molecule has 0 atom stereocenters. The van der Waals surface area contributed by atoms with Crippen molar-refractivity contribution in [3.63, 3.8) is 0 Å². The molecule has 0 unspecified atom stereocenters. The Labute approximate surface area is 184 Å². The van der Waals surface area contributed by atoms with E-state index >= 15 is 0 Å². The Kier molecular flexibility index (Phi) is 5.54. The van der Waals surface area contributed by atoms with Crippen molar-refractivity contribution < 1.29 is 17.6 Å². The fourth-order valence-electron chi connectivity index (χ4n) is 3.16. The van der Waals surface area contributed by atoms with E-state index in [4.69, 9.17) is 4.42 Å². The summed E-state index contributed by atoms with van der Waals surface area (Å²) in [6, 6.07) is 19.3. The number of benzene rings is 3. The van der Waals surface area contributed by atoms with Gasteiger partial charge in [-0.25, -0.2) is 13.2 Å². The molecule has 3 aromatic carbocycles. The summed E-state index contributed by atoms with van der Waals surface area (Å²) in [4.78, 5) is 24.8. The molecule has 4 aromatic rings. The summed E-state index contributed by atoms with van der Waals surface area (Å²) in [5.41, 5.74) is 2.34. The van der Waals surface area contributed by atoms with Gasteiger partial charge in [0.2, 0.25) is 0 Å². The van der Waals surface area contributed by atoms with E-state index in [2.05, 4.69) is 10.0 Å². The van der Waals surface area contributed by atoms with Crippen LogP contribution in [0.2, 0.25) is 0 Å². The average molecular weight is 449 g/mol. The third-order valence-electron chi connectivity index (χ3n) is 5.07. The van der Waals surface area contributed by atoms with Crippen molar-refractivity contribution in [2.75, 3.05) is 10.0 Å². The third-order valence-corrected chi connectivity index (χ3v) is 6.46. The predicted octanol–water partition coefficient (Wildman–Crippen LogP) is 4.46. The van der Waals surface area contributed by atoms with Crippen LogP contribution in [0.1, 0.15) is 21.5 Å². The van der Waals surface area contributed by atoms with Gasteiger partial charge in [0.15, 0.2) is 0 Å². The highest BCUT2D eigenvalue weighted by Gasteiger charge is 2.17. The van der Waals surface area contributed by atoms with Gasteiger partial charge in [-0.15, -0.1) is 0 Å². The first-order valence-corrected chi connectivity index (χ1v) is 11.3. The number of para-hydroxylation sites is 1. The second kappa shape index (κ2) is 8.32. The van der Waals surface area contributed by atoms with Crippen molar-refractivity contribution in [2.24, 2.45) is 0 Å². The molecular formula is C24H20N2O5S. The van der Waals surface area contributed by atoms with E-state index in [0.29, 0.717) is 22.3 Å². The third kappa shape index (κ3) is 4.40. The molecule has 7 nitrogen and oxygen atoms in total. The van der Waals surface area contributed by atoms with Crippen molar-refractivity contribution in [3.05, 3.63) is 99.9 Å². The van der Waals surface area contributed by atoms with Crippen LogP contribution in [-0.4, -0.2) is 14.3 Å². The first-order valence-electron chi connectivity index (χ1n) is 9.77. The maximum absolute atomic E-state index is 12.7. The molecule has 32 heavy (non-hydrogen) atoms. The van der Waals surface area contributed by atoms with E-state index in [9.17, 15) is 18.0 Å². The van der Waals surface area contributed by atoms with E-state index < -0.39 is 21.6 Å². The topological polar surface area (TPSA) is 105 Å². The summed E-state index contributed by atoms with van der Waals surface area (Å²) in [7, 11) is -3.80. The molecular weight excluding hydrogens is 428 g/mol. The minimum absolute atomic E-state index is 0.0407. The number of nitrogens with one attached hydrogen (secondary N) is 2. The number of hydrogen-bond acceptors (Lipinski definition) is 5. The van der Waals surface area contributed by atoms with E-state index in [-0.39, 0.29) is 10.5 Å². The lowest BCUT2D eigenvalue weighted by Gasteiger charge is -2.11. The number of amides is 1. The molecule has 0 aliphatic rings. The van der Waals surface area contributed by atoms with Crippen molar-refractivity contribution in [2.45, 2.75) is 18.7 Å². The van der Waals surface area contributed by atoms with Crippen LogP contribution in [0.5, 0.6) is 0 Å². The normalized spacial score (nSPS) is 11.3. The van der Waals surface area contributed by atoms with Gasteiger partial charge >= 0.3 is 5.63 Å². The lowest BCUT2D eigenvalue weighted by molar-refractivity contribution is 0.102. The summed E-state index contributed by atoms with van der Waals surface area (Å²) in [5, 5.41) is 3.21. The Morgan fingerprint density at radius 1 is 0.844 bits per heavy atom. The van der Waals surface area contributed by atoms with Gasteiger partial charge in [-0.3, -0.25) is 9.52 Å². The van der Waals surface area contributed by atoms with Crippen LogP contribution in [0, 0.1) is 13.8 Å². The zero-order valence-corrected chi connectivity index (χ0v) is 18.2. The highest BCUT2D eigenvalue weighted by atomic mass is 32.2. The molecule has 0 saturated carbocycles. The van der Waals surface area contributed by atoms with Gasteiger partial charge in [0.25, 0.3) is 15.9 Å². The predicted molar refractivity (Wildman–Crippen MR) is 124 cm³/mol. The SMILES string of the molecule is Cc1ccc(NS(=O)(=O)c2ccc(NC(=O)c3cc4ccccc4oc3=O)cc2)cc1C. The molecule has 8 heteroatoms. The number of hydrogen-bond donors (Lipinski definition) is 2. The monoisotopic (exact) mass is 448 g/mol. The molecule has 2 N–H and O–H groups in total. The number of carbonyl (C=O) groups is 1. The van der Waals surface area contributed by atoms with E-state index in [1.165, 1.54) is 30.3 Å². The quantitative estimate of drug-likeness (QED) is 0.439. The Balaban J connectivity index is 1.52. The largest absolute Gasteiger partial charge is 0.422 e. The highest BCUT2D eigenvalue weighted by Crippen LogP contribution is 2.21. The standard InChI is InChI=1S/C24H20N2O5S/c1-15-7-8-19(13-16(15)2)26-32(29,30)20-11-9-18(10-12-20)25-23(27)21-14-17-5-3-4-6-22(17)31-24(21)28/h3-14,26H,1-2H3,(H,25,27). The zero-order chi connectivity index (χ0) is 22.9. The van der Waals surface area contributed by atoms with E-state index in [1.807, 2.05) is 19.9 Å². The fraction of sp³-hybridized carbons (Fsp3) is 0.0833. The molecule has 0 spiro atoms. The summed E-state index contributed by atoms with van der Waals surface area (Å²) in [6.07, 6.45) is 0. The van der Waals surface area contributed by atoms with Crippen LogP contribution in [0.4, 0.5) is 11.4 Å². The maximum Gasteiger partial charge on any atom is 0.349 e. The molecule has 0 aliphatic heterocycles. The molecule has 1 heterocycles. The molecule has 0 aliphatic carbocycles. The van der Waals surface area contributed by atoms with Crippen LogP contribution in [0.25, 0.3) is 11.0 Å². The first-order chi connectivity index (χ1) is 15.2. The van der Waals surface area contributed by atoms with Crippen molar-refractivity contribution in [1.29, 1.82) is 0 Å². The molecule has 1 amide bonds. The van der Waals surface area contributed by atoms with Crippen LogP contribution in [-0.2, 0) is 10.0 Å². The van der Waals surface area contributed by atoms with Gasteiger partial charge in [0.1, 0.15) is 11.1 Å². The Hall–Kier alpha value is -3.91. The zero-order valence-electron chi connectivity index (χ0n) is 17.4. The lowest BCUT2D eigenvalue weighted by atomic mass is 10.1. The molecule has 162 valence electrons. The minimum atomic E-state index is -3.80. The van der Waals surface area contributed by atoms with Crippen LogP contribution >= 0.6 is 0 Å². The number of rotatable bonds is 5. The first kappa shape index (κ1) is 21.3. The van der Waals surface area contributed by atoms with Gasteiger partial charge in [0.05, 0.1) is 4.90 Å². The number of fused-ring (bicyclic) bond motifs is 1. The summed E-state index contributed by atoms with van der Waals surface area (Å²) in [6.45, 7) is 3.85. The molecule has 0 bridgehead atoms. The lowest BCUT2D eigenvalue weighted by Crippen LogP contribution is -2.20. The van der Waals surface area contributed by atoms with Crippen molar-refractivity contribution in [1.82, 2.24) is 0 Å². The van der Waals surface area contributed by atoms with Crippen LogP contribution < -0.4 is 15.7 Å². The number of aryl methyl sites for hydroxylation is 2. The van der Waals surface area contributed by atoms with E-state index in [0.717, 1.165) is 11.1 Å². The maximum atomic E-state index is 12.7. The van der Waals surface area contributed by atoms with Crippen LogP contribution in [0.3, 0.4) is 0 Å². The van der Waals surface area contributed by atoms with Crippen molar-refractivity contribution >= 4 is 38.3 Å². The highest BCUT2D eigenvalue weighted by molar-refractivity contribution is 7.92. The van der Waals surface area contributed by atoms with Gasteiger partial charge in [0, 0.05) is 16.8 Å². The second-order valence-electron chi connectivity index (χ2n) is 7.37. The molecule has 1 aromatic heterocycles. The smallest absolute Gasteiger partial charge is 0.349 e. The summed E-state index contributed by atoms with van der Waals surface area (Å²) < 4.78 is 33.1. The van der Waals surface area contributed by atoms with Gasteiger partial charge in [-0.1, -0.05) is 24.3 Å². The fourth-order valence-corrected chi connectivity index (χ4v) is 4.20. The Bertz CT molecular complexity index is 1490. The number of anilines is 2. The average Bonchev–Trinajstić information content (AvgIpc) is 2.76. The summed E-state index contributed by atoms with van der Waals surface area (Å²) >= 11 is 0. The molecule has 0 saturated heterocycles. The molecule has 0 fully saturated rings.